The molecule has 2 unspecified atom stereocenters. The maximum absolute atomic E-state index is 13.6. The van der Waals surface area contributed by atoms with Gasteiger partial charge in [0.15, 0.2) is 5.76 Å². The number of piperazine rings is 1. The minimum atomic E-state index is -0.0435. The molecule has 2 aliphatic heterocycles. The zero-order valence-corrected chi connectivity index (χ0v) is 17.0. The van der Waals surface area contributed by atoms with Gasteiger partial charge in [0.2, 0.25) is 5.91 Å². The first-order chi connectivity index (χ1) is 13.6. The first-order valence-electron chi connectivity index (χ1n) is 11.0. The maximum atomic E-state index is 13.6. The number of rotatable bonds is 4. The molecular weight excluding hydrogens is 354 g/mol. The van der Waals surface area contributed by atoms with Gasteiger partial charge in [0, 0.05) is 38.8 Å². The molecule has 0 bridgehead atoms. The molecule has 0 radical (unpaired) electrons. The molecular formula is C22H33N3O3. The Bertz CT molecular complexity index is 661. The molecule has 1 aromatic rings. The van der Waals surface area contributed by atoms with Crippen LogP contribution in [0, 0.1) is 5.92 Å². The van der Waals surface area contributed by atoms with E-state index in [1.165, 1.54) is 25.5 Å². The molecule has 0 spiro atoms. The van der Waals surface area contributed by atoms with Crippen LogP contribution in [0.3, 0.4) is 0 Å². The summed E-state index contributed by atoms with van der Waals surface area (Å²) in [6, 6.07) is 3.81. The van der Waals surface area contributed by atoms with Crippen molar-refractivity contribution in [2.24, 2.45) is 5.92 Å². The van der Waals surface area contributed by atoms with Gasteiger partial charge in [0.05, 0.1) is 12.3 Å². The van der Waals surface area contributed by atoms with E-state index in [0.717, 1.165) is 45.3 Å². The van der Waals surface area contributed by atoms with E-state index in [1.807, 2.05) is 4.90 Å². The second-order valence-corrected chi connectivity index (χ2v) is 8.67. The normalized spacial score (nSPS) is 25.8. The molecule has 0 N–H and O–H groups in total. The number of nitrogens with zero attached hydrogens (tertiary/aromatic N) is 3. The van der Waals surface area contributed by atoms with Crippen molar-refractivity contribution in [2.45, 2.75) is 64.0 Å². The van der Waals surface area contributed by atoms with Gasteiger partial charge in [-0.3, -0.25) is 14.5 Å². The van der Waals surface area contributed by atoms with Gasteiger partial charge >= 0.3 is 0 Å². The van der Waals surface area contributed by atoms with E-state index in [-0.39, 0.29) is 11.9 Å². The van der Waals surface area contributed by atoms with Crippen molar-refractivity contribution in [1.82, 2.24) is 14.7 Å². The van der Waals surface area contributed by atoms with E-state index >= 15 is 0 Å². The van der Waals surface area contributed by atoms with E-state index in [1.54, 1.807) is 12.1 Å². The monoisotopic (exact) mass is 387 g/mol. The predicted molar refractivity (Wildman–Crippen MR) is 107 cm³/mol. The molecule has 154 valence electrons. The van der Waals surface area contributed by atoms with E-state index < -0.39 is 0 Å². The van der Waals surface area contributed by atoms with Crippen molar-refractivity contribution in [3.8, 4) is 0 Å². The number of furan rings is 1. The largest absolute Gasteiger partial charge is 0.459 e. The molecule has 2 amide bonds. The molecule has 1 aliphatic carbocycles. The SMILES string of the molecule is CC1CCCCN1C(=O)C(C1CCCC1)N1CCN(C(=O)c2ccco2)CC1. The Hall–Kier alpha value is -1.82. The average molecular weight is 388 g/mol. The number of carbonyl (C=O) groups excluding carboxylic acids is 2. The van der Waals surface area contributed by atoms with Gasteiger partial charge in [0.25, 0.3) is 5.91 Å². The molecule has 4 rings (SSSR count). The summed E-state index contributed by atoms with van der Waals surface area (Å²) in [7, 11) is 0. The first-order valence-corrected chi connectivity index (χ1v) is 11.0. The molecule has 2 atom stereocenters. The number of likely N-dealkylation sites (tertiary alicyclic amines) is 1. The average Bonchev–Trinajstić information content (AvgIpc) is 3.43. The van der Waals surface area contributed by atoms with Crippen molar-refractivity contribution >= 4 is 11.8 Å². The summed E-state index contributed by atoms with van der Waals surface area (Å²) in [5.41, 5.74) is 0. The van der Waals surface area contributed by atoms with Crippen LogP contribution in [0.15, 0.2) is 22.8 Å². The van der Waals surface area contributed by atoms with Gasteiger partial charge in [-0.2, -0.15) is 0 Å². The Kier molecular flexibility index (Phi) is 6.04. The number of amides is 2. The standard InChI is InChI=1S/C22H33N3O3/c1-17-7-4-5-11-25(17)22(27)20(18-8-2-3-9-18)23-12-14-24(15-13-23)21(26)19-10-6-16-28-19/h6,10,16-18,20H,2-5,7-9,11-15H2,1H3. The molecule has 3 fully saturated rings. The zero-order valence-electron chi connectivity index (χ0n) is 17.0. The maximum Gasteiger partial charge on any atom is 0.289 e. The Balaban J connectivity index is 1.44. The Morgan fingerprint density at radius 2 is 1.71 bits per heavy atom. The van der Waals surface area contributed by atoms with E-state index in [2.05, 4.69) is 16.7 Å². The lowest BCUT2D eigenvalue weighted by molar-refractivity contribution is -0.143. The molecule has 3 heterocycles. The lowest BCUT2D eigenvalue weighted by atomic mass is 9.92. The van der Waals surface area contributed by atoms with Crippen molar-refractivity contribution in [2.75, 3.05) is 32.7 Å². The molecule has 3 aliphatic rings. The second-order valence-electron chi connectivity index (χ2n) is 8.67. The summed E-state index contributed by atoms with van der Waals surface area (Å²) in [6.07, 6.45) is 9.80. The highest BCUT2D eigenvalue weighted by atomic mass is 16.3. The van der Waals surface area contributed by atoms with Crippen LogP contribution >= 0.6 is 0 Å². The van der Waals surface area contributed by atoms with Crippen LogP contribution in [-0.2, 0) is 4.79 Å². The fraction of sp³-hybridized carbons (Fsp3) is 0.727. The molecule has 1 saturated carbocycles. The lowest BCUT2D eigenvalue weighted by Gasteiger charge is -2.44. The summed E-state index contributed by atoms with van der Waals surface area (Å²) in [5.74, 6) is 1.16. The highest BCUT2D eigenvalue weighted by Crippen LogP contribution is 2.33. The van der Waals surface area contributed by atoms with Crippen LogP contribution < -0.4 is 0 Å². The quantitative estimate of drug-likeness (QED) is 0.797. The smallest absolute Gasteiger partial charge is 0.289 e. The van der Waals surface area contributed by atoms with Crippen molar-refractivity contribution in [1.29, 1.82) is 0 Å². The first kappa shape index (κ1) is 19.5. The van der Waals surface area contributed by atoms with Gasteiger partial charge in [-0.25, -0.2) is 0 Å². The van der Waals surface area contributed by atoms with Crippen LogP contribution in [0.4, 0.5) is 0 Å². The van der Waals surface area contributed by atoms with Gasteiger partial charge < -0.3 is 14.2 Å². The summed E-state index contributed by atoms with van der Waals surface area (Å²) in [6.45, 7) is 5.95. The minimum absolute atomic E-state index is 0.0103. The highest BCUT2D eigenvalue weighted by Gasteiger charge is 2.40. The molecule has 2 saturated heterocycles. The van der Waals surface area contributed by atoms with Crippen LogP contribution in [0.25, 0.3) is 0 Å². The molecule has 1 aromatic heterocycles. The molecule has 6 heteroatoms. The Labute approximate surface area is 167 Å². The van der Waals surface area contributed by atoms with E-state index in [4.69, 9.17) is 4.42 Å². The van der Waals surface area contributed by atoms with Crippen molar-refractivity contribution < 1.29 is 14.0 Å². The number of piperidine rings is 1. The topological polar surface area (TPSA) is 57.0 Å². The Morgan fingerprint density at radius 3 is 2.36 bits per heavy atom. The third-order valence-corrected chi connectivity index (χ3v) is 6.91. The van der Waals surface area contributed by atoms with Crippen LogP contribution in [0.1, 0.15) is 62.4 Å². The molecule has 0 aromatic carbocycles. The van der Waals surface area contributed by atoms with Crippen LogP contribution in [0.2, 0.25) is 0 Å². The Morgan fingerprint density at radius 1 is 1.00 bits per heavy atom. The van der Waals surface area contributed by atoms with Crippen LogP contribution in [-0.4, -0.2) is 71.3 Å². The summed E-state index contributed by atoms with van der Waals surface area (Å²) in [5, 5.41) is 0. The van der Waals surface area contributed by atoms with Gasteiger partial charge in [0.1, 0.15) is 0 Å². The van der Waals surface area contributed by atoms with E-state index in [9.17, 15) is 9.59 Å². The highest BCUT2D eigenvalue weighted by molar-refractivity contribution is 5.91. The zero-order chi connectivity index (χ0) is 19.5. The van der Waals surface area contributed by atoms with Crippen molar-refractivity contribution in [3.05, 3.63) is 24.2 Å². The molecule has 6 nitrogen and oxygen atoms in total. The number of hydrogen-bond acceptors (Lipinski definition) is 4. The van der Waals surface area contributed by atoms with Gasteiger partial charge in [-0.15, -0.1) is 0 Å². The minimum Gasteiger partial charge on any atom is -0.459 e. The van der Waals surface area contributed by atoms with Gasteiger partial charge in [-0.05, 0) is 57.1 Å². The van der Waals surface area contributed by atoms with Crippen molar-refractivity contribution in [3.63, 3.8) is 0 Å². The lowest BCUT2D eigenvalue weighted by Crippen LogP contribution is -2.60. The fourth-order valence-corrected chi connectivity index (χ4v) is 5.28. The summed E-state index contributed by atoms with van der Waals surface area (Å²) < 4.78 is 5.27. The fourth-order valence-electron chi connectivity index (χ4n) is 5.28. The summed E-state index contributed by atoms with van der Waals surface area (Å²) in [4.78, 5) is 32.5. The molecule has 28 heavy (non-hydrogen) atoms. The van der Waals surface area contributed by atoms with Crippen LogP contribution in [0.5, 0.6) is 0 Å². The number of hydrogen-bond donors (Lipinski definition) is 0. The second kappa shape index (κ2) is 8.68. The van der Waals surface area contributed by atoms with E-state index in [0.29, 0.717) is 36.7 Å². The third kappa shape index (κ3) is 3.97. The third-order valence-electron chi connectivity index (χ3n) is 6.91. The van der Waals surface area contributed by atoms with Gasteiger partial charge in [-0.1, -0.05) is 12.8 Å². The summed E-state index contributed by atoms with van der Waals surface area (Å²) >= 11 is 0. The predicted octanol–water partition coefficient (Wildman–Crippen LogP) is 3.00. The number of carbonyl (C=O) groups is 2.